The van der Waals surface area contributed by atoms with Crippen LogP contribution in [0.1, 0.15) is 11.9 Å². The van der Waals surface area contributed by atoms with E-state index in [0.29, 0.717) is 6.04 Å². The number of hydrogen-bond acceptors (Lipinski definition) is 3. The number of hydrogen-bond donors (Lipinski definition) is 0. The molecular weight excluding hydrogens is 214 g/mol. The van der Waals surface area contributed by atoms with Crippen LogP contribution in [0.15, 0.2) is 30.9 Å². The lowest BCUT2D eigenvalue weighted by Gasteiger charge is -2.39. The van der Waals surface area contributed by atoms with E-state index in [2.05, 4.69) is 24.2 Å². The van der Waals surface area contributed by atoms with Gasteiger partial charge in [-0.2, -0.15) is 5.10 Å². The summed E-state index contributed by atoms with van der Waals surface area (Å²) < 4.78 is 4.14. The van der Waals surface area contributed by atoms with Crippen molar-refractivity contribution in [1.82, 2.24) is 24.2 Å². The Kier molecular flexibility index (Phi) is 2.68. The number of imidazole rings is 1. The minimum absolute atomic E-state index is 0.561. The molecule has 0 aliphatic carbocycles. The van der Waals surface area contributed by atoms with Crippen molar-refractivity contribution in [1.29, 1.82) is 0 Å². The molecule has 0 aromatic carbocycles. The zero-order chi connectivity index (χ0) is 11.7. The minimum Gasteiger partial charge on any atom is -0.338 e. The van der Waals surface area contributed by atoms with Crippen LogP contribution in [-0.2, 0) is 13.5 Å². The Labute approximate surface area is 101 Å². The monoisotopic (exact) mass is 231 g/mol. The molecule has 1 fully saturated rings. The third-order valence-corrected chi connectivity index (χ3v) is 3.41. The average Bonchev–Trinajstić information content (AvgIpc) is 2.88. The molecule has 1 aliphatic heterocycles. The van der Waals surface area contributed by atoms with E-state index in [1.54, 1.807) is 0 Å². The smallest absolute Gasteiger partial charge is 0.109 e. The van der Waals surface area contributed by atoms with Crippen LogP contribution in [0.4, 0.5) is 0 Å². The quantitative estimate of drug-likeness (QED) is 0.778. The van der Waals surface area contributed by atoms with E-state index < -0.39 is 0 Å². The summed E-state index contributed by atoms with van der Waals surface area (Å²) in [6.45, 7) is 3.29. The highest BCUT2D eigenvalue weighted by Gasteiger charge is 2.27. The number of rotatable bonds is 4. The Morgan fingerprint density at radius 2 is 2.18 bits per heavy atom. The van der Waals surface area contributed by atoms with Crippen molar-refractivity contribution >= 4 is 0 Å². The van der Waals surface area contributed by atoms with Crippen molar-refractivity contribution in [3.8, 4) is 0 Å². The predicted molar refractivity (Wildman–Crippen MR) is 64.6 cm³/mol. The zero-order valence-corrected chi connectivity index (χ0v) is 10.0. The van der Waals surface area contributed by atoms with Gasteiger partial charge in [0, 0.05) is 57.9 Å². The van der Waals surface area contributed by atoms with Crippen molar-refractivity contribution in [2.24, 2.45) is 7.05 Å². The highest BCUT2D eigenvalue weighted by molar-refractivity contribution is 4.94. The van der Waals surface area contributed by atoms with E-state index in [1.807, 2.05) is 37.9 Å². The lowest BCUT2D eigenvalue weighted by molar-refractivity contribution is 0.0993. The maximum absolute atomic E-state index is 4.33. The van der Waals surface area contributed by atoms with Crippen molar-refractivity contribution in [3.05, 3.63) is 36.7 Å². The van der Waals surface area contributed by atoms with E-state index in [1.165, 1.54) is 0 Å². The number of aromatic nitrogens is 4. The predicted octanol–water partition coefficient (Wildman–Crippen LogP) is 0.716. The van der Waals surface area contributed by atoms with Gasteiger partial charge in [-0.1, -0.05) is 0 Å². The van der Waals surface area contributed by atoms with Gasteiger partial charge in [-0.25, -0.2) is 4.98 Å². The van der Waals surface area contributed by atoms with Gasteiger partial charge in [-0.3, -0.25) is 9.58 Å². The molecule has 17 heavy (non-hydrogen) atoms. The average molecular weight is 231 g/mol. The Morgan fingerprint density at radius 3 is 2.82 bits per heavy atom. The molecule has 0 N–H and O–H groups in total. The maximum atomic E-state index is 4.33. The van der Waals surface area contributed by atoms with Crippen LogP contribution in [-0.4, -0.2) is 43.9 Å². The molecule has 0 bridgehead atoms. The molecule has 0 spiro atoms. The standard InChI is InChI=1S/C12H17N5/c1-15-8-5-13-12(15)3-7-16-9-11(10-16)17-6-2-4-14-17/h2,4-6,8,11H,3,7,9-10H2,1H3. The van der Waals surface area contributed by atoms with E-state index in [4.69, 9.17) is 0 Å². The van der Waals surface area contributed by atoms with Gasteiger partial charge in [0.2, 0.25) is 0 Å². The van der Waals surface area contributed by atoms with Crippen LogP contribution in [0.5, 0.6) is 0 Å². The van der Waals surface area contributed by atoms with E-state index in [9.17, 15) is 0 Å². The second-order valence-corrected chi connectivity index (χ2v) is 4.60. The van der Waals surface area contributed by atoms with Gasteiger partial charge < -0.3 is 4.57 Å². The number of aryl methyl sites for hydroxylation is 1. The fourth-order valence-corrected chi connectivity index (χ4v) is 2.28. The number of likely N-dealkylation sites (tertiary alicyclic amines) is 1. The molecule has 0 saturated carbocycles. The molecule has 1 aliphatic rings. The normalized spacial score (nSPS) is 17.2. The molecule has 2 aromatic heterocycles. The van der Waals surface area contributed by atoms with Gasteiger partial charge in [-0.15, -0.1) is 0 Å². The Balaban J connectivity index is 1.46. The lowest BCUT2D eigenvalue weighted by Crippen LogP contribution is -2.48. The first-order valence-corrected chi connectivity index (χ1v) is 6.00. The van der Waals surface area contributed by atoms with Gasteiger partial charge in [0.1, 0.15) is 5.82 Å². The summed E-state index contributed by atoms with van der Waals surface area (Å²) in [4.78, 5) is 6.78. The molecule has 1 saturated heterocycles. The van der Waals surface area contributed by atoms with Crippen LogP contribution >= 0.6 is 0 Å². The summed E-state index contributed by atoms with van der Waals surface area (Å²) in [6.07, 6.45) is 8.77. The van der Waals surface area contributed by atoms with Crippen LogP contribution < -0.4 is 0 Å². The highest BCUT2D eigenvalue weighted by Crippen LogP contribution is 2.19. The van der Waals surface area contributed by atoms with Gasteiger partial charge in [-0.05, 0) is 6.07 Å². The minimum atomic E-state index is 0.561. The Morgan fingerprint density at radius 1 is 1.29 bits per heavy atom. The maximum Gasteiger partial charge on any atom is 0.109 e. The van der Waals surface area contributed by atoms with E-state index in [0.717, 1.165) is 31.9 Å². The summed E-state index contributed by atoms with van der Waals surface area (Å²) in [5, 5.41) is 4.27. The molecule has 0 radical (unpaired) electrons. The Bertz CT molecular complexity index is 467. The molecule has 3 rings (SSSR count). The number of nitrogens with zero attached hydrogens (tertiary/aromatic N) is 5. The largest absolute Gasteiger partial charge is 0.338 e. The molecule has 0 atom stereocenters. The molecule has 5 nitrogen and oxygen atoms in total. The summed E-state index contributed by atoms with van der Waals surface area (Å²) in [6, 6.07) is 2.54. The molecular formula is C12H17N5. The van der Waals surface area contributed by atoms with Crippen LogP contribution in [0.25, 0.3) is 0 Å². The van der Waals surface area contributed by atoms with Gasteiger partial charge in [0.05, 0.1) is 6.04 Å². The molecule has 90 valence electrons. The van der Waals surface area contributed by atoms with Gasteiger partial charge in [0.15, 0.2) is 0 Å². The second-order valence-electron chi connectivity index (χ2n) is 4.60. The Hall–Kier alpha value is -1.62. The highest BCUT2D eigenvalue weighted by atomic mass is 15.4. The van der Waals surface area contributed by atoms with E-state index in [-0.39, 0.29) is 0 Å². The third kappa shape index (κ3) is 2.10. The van der Waals surface area contributed by atoms with Crippen molar-refractivity contribution in [2.75, 3.05) is 19.6 Å². The molecule has 5 heteroatoms. The summed E-state index contributed by atoms with van der Waals surface area (Å²) in [7, 11) is 2.05. The van der Waals surface area contributed by atoms with Crippen LogP contribution in [0.2, 0.25) is 0 Å². The summed E-state index contributed by atoms with van der Waals surface area (Å²) in [5.41, 5.74) is 0. The first kappa shape index (κ1) is 10.5. The van der Waals surface area contributed by atoms with Crippen molar-refractivity contribution < 1.29 is 0 Å². The van der Waals surface area contributed by atoms with Crippen molar-refractivity contribution in [3.63, 3.8) is 0 Å². The van der Waals surface area contributed by atoms with E-state index >= 15 is 0 Å². The lowest BCUT2D eigenvalue weighted by atomic mass is 10.1. The van der Waals surface area contributed by atoms with Gasteiger partial charge in [0.25, 0.3) is 0 Å². The van der Waals surface area contributed by atoms with Crippen LogP contribution in [0.3, 0.4) is 0 Å². The third-order valence-electron chi connectivity index (χ3n) is 3.41. The summed E-state index contributed by atoms with van der Waals surface area (Å²) in [5.74, 6) is 1.16. The summed E-state index contributed by atoms with van der Waals surface area (Å²) >= 11 is 0. The topological polar surface area (TPSA) is 38.9 Å². The first-order valence-electron chi connectivity index (χ1n) is 6.00. The molecule has 0 amide bonds. The molecule has 3 heterocycles. The SMILES string of the molecule is Cn1ccnc1CCN1CC(n2cccn2)C1. The molecule has 0 unspecified atom stereocenters. The van der Waals surface area contributed by atoms with Crippen molar-refractivity contribution in [2.45, 2.75) is 12.5 Å². The van der Waals surface area contributed by atoms with Gasteiger partial charge >= 0.3 is 0 Å². The zero-order valence-electron chi connectivity index (χ0n) is 10.0. The van der Waals surface area contributed by atoms with Crippen LogP contribution in [0, 0.1) is 0 Å². The second kappa shape index (κ2) is 4.33. The fourth-order valence-electron chi connectivity index (χ4n) is 2.28. The molecule has 2 aromatic rings. The fraction of sp³-hybridized carbons (Fsp3) is 0.500. The first-order chi connectivity index (χ1) is 8.33.